The summed E-state index contributed by atoms with van der Waals surface area (Å²) in [4.78, 5) is 12.5. The van der Waals surface area contributed by atoms with Gasteiger partial charge in [0.2, 0.25) is 0 Å². The molecule has 124 valence electrons. The third kappa shape index (κ3) is 2.68. The van der Waals surface area contributed by atoms with E-state index in [0.717, 1.165) is 0 Å². The van der Waals surface area contributed by atoms with Gasteiger partial charge in [-0.2, -0.15) is 0 Å². The Balaban J connectivity index is 2.11. The lowest BCUT2D eigenvalue weighted by Crippen LogP contribution is -2.33. The molecule has 3 heterocycles. The second-order valence-electron chi connectivity index (χ2n) is 5.02. The Morgan fingerprint density at radius 2 is 2.17 bits per heavy atom. The number of ether oxygens (including phenoxy) is 1. The molecule has 1 aliphatic heterocycles. The first kappa shape index (κ1) is 16.1. The molecule has 1 aliphatic rings. The van der Waals surface area contributed by atoms with Gasteiger partial charge in [0.05, 0.1) is 6.61 Å². The number of aliphatic hydroxyl groups excluding tert-OH is 3. The van der Waals surface area contributed by atoms with E-state index in [1.54, 1.807) is 10.6 Å². The van der Waals surface area contributed by atoms with Crippen molar-refractivity contribution in [3.8, 4) is 0 Å². The van der Waals surface area contributed by atoms with Gasteiger partial charge in [-0.3, -0.25) is 4.57 Å². The van der Waals surface area contributed by atoms with Gasteiger partial charge in [0, 0.05) is 5.75 Å². The summed E-state index contributed by atoms with van der Waals surface area (Å²) >= 11 is 1.36. The van der Waals surface area contributed by atoms with Crippen LogP contribution in [-0.2, 0) is 4.74 Å². The van der Waals surface area contributed by atoms with Gasteiger partial charge in [0.15, 0.2) is 28.4 Å². The van der Waals surface area contributed by atoms with Crippen LogP contribution in [0.25, 0.3) is 11.2 Å². The van der Waals surface area contributed by atoms with Crippen LogP contribution >= 0.6 is 11.8 Å². The van der Waals surface area contributed by atoms with E-state index in [1.165, 1.54) is 18.1 Å². The van der Waals surface area contributed by atoms with Crippen molar-refractivity contribution < 1.29 is 20.1 Å². The average molecular weight is 339 g/mol. The number of imidazole rings is 1. The van der Waals surface area contributed by atoms with Gasteiger partial charge in [-0.05, 0) is 0 Å². The molecule has 5 N–H and O–H groups in total. The van der Waals surface area contributed by atoms with Gasteiger partial charge >= 0.3 is 0 Å². The fourth-order valence-electron chi connectivity index (χ4n) is 2.46. The number of thioether (sulfide) groups is 1. The Kier molecular flexibility index (Phi) is 4.50. The van der Waals surface area contributed by atoms with E-state index in [0.29, 0.717) is 22.1 Å². The van der Waals surface area contributed by atoms with Crippen LogP contribution in [0.3, 0.4) is 0 Å². The molecule has 23 heavy (non-hydrogen) atoms. The number of nitrogen functional groups attached to an aromatic ring is 1. The Labute approximate surface area is 135 Å². The fraction of sp³-hybridized carbons (Fsp3) is 0.462. The lowest BCUT2D eigenvalue weighted by atomic mass is 10.1. The maximum absolute atomic E-state index is 10.3. The summed E-state index contributed by atoms with van der Waals surface area (Å²) in [5, 5.41) is 30.0. The molecule has 1 fully saturated rings. The van der Waals surface area contributed by atoms with Crippen molar-refractivity contribution in [3.05, 3.63) is 19.0 Å². The second-order valence-corrected chi connectivity index (χ2v) is 6.01. The van der Waals surface area contributed by atoms with E-state index in [2.05, 4.69) is 21.5 Å². The molecule has 0 radical (unpaired) electrons. The standard InChI is InChI=1S/C13H17N5O4S/c1-2-3-23-13-17-7-10(14)15-5-16-11(7)18(13)12-9(21)8(20)6(4-19)22-12/h2,5-6,8-9,12,19-21H,1,3-4H2,(H2,14,15,16)/t6-,8+,9+,12+/m0/s1. The second kappa shape index (κ2) is 6.42. The zero-order valence-electron chi connectivity index (χ0n) is 12.1. The van der Waals surface area contributed by atoms with Crippen LogP contribution in [0.2, 0.25) is 0 Å². The van der Waals surface area contributed by atoms with Crippen molar-refractivity contribution in [1.82, 2.24) is 19.5 Å². The quantitative estimate of drug-likeness (QED) is 0.411. The number of fused-ring (bicyclic) bond motifs is 1. The molecule has 4 atom stereocenters. The van der Waals surface area contributed by atoms with Crippen LogP contribution in [0.1, 0.15) is 6.23 Å². The van der Waals surface area contributed by atoms with Crippen LogP contribution in [0, 0.1) is 0 Å². The Bertz CT molecular complexity index is 724. The smallest absolute Gasteiger partial charge is 0.172 e. The number of hydrogen-bond donors (Lipinski definition) is 4. The minimum absolute atomic E-state index is 0.209. The first-order chi connectivity index (χ1) is 11.1. The van der Waals surface area contributed by atoms with Crippen molar-refractivity contribution in [2.75, 3.05) is 18.1 Å². The molecule has 0 bridgehead atoms. The number of aliphatic hydroxyl groups is 3. The normalized spacial score (nSPS) is 27.6. The highest BCUT2D eigenvalue weighted by Gasteiger charge is 2.45. The maximum atomic E-state index is 10.3. The van der Waals surface area contributed by atoms with Crippen molar-refractivity contribution in [2.24, 2.45) is 0 Å². The SMILES string of the molecule is C=CCSc1nc2c(N)ncnc2n1[C@@H]1O[C@@H](CO)[C@@H](O)[C@H]1O. The van der Waals surface area contributed by atoms with Crippen molar-refractivity contribution >= 4 is 28.7 Å². The Hall–Kier alpha value is -1.72. The third-order valence-corrected chi connectivity index (χ3v) is 4.52. The molecule has 0 spiro atoms. The summed E-state index contributed by atoms with van der Waals surface area (Å²) in [6.07, 6.45) is -1.26. The number of nitrogens with two attached hydrogens (primary N) is 1. The van der Waals surface area contributed by atoms with Crippen LogP contribution in [-0.4, -0.2) is 65.5 Å². The van der Waals surface area contributed by atoms with E-state index in [-0.39, 0.29) is 5.82 Å². The topological polar surface area (TPSA) is 140 Å². The zero-order chi connectivity index (χ0) is 16.6. The lowest BCUT2D eigenvalue weighted by Gasteiger charge is -2.18. The third-order valence-electron chi connectivity index (χ3n) is 3.57. The van der Waals surface area contributed by atoms with Crippen molar-refractivity contribution in [3.63, 3.8) is 0 Å². The van der Waals surface area contributed by atoms with Gasteiger partial charge in [0.25, 0.3) is 0 Å². The highest BCUT2D eigenvalue weighted by Crippen LogP contribution is 2.36. The van der Waals surface area contributed by atoms with Gasteiger partial charge < -0.3 is 25.8 Å². The molecule has 1 saturated heterocycles. The Morgan fingerprint density at radius 1 is 1.39 bits per heavy atom. The molecule has 9 nitrogen and oxygen atoms in total. The minimum atomic E-state index is -1.23. The van der Waals surface area contributed by atoms with Gasteiger partial charge in [-0.25, -0.2) is 15.0 Å². The summed E-state index contributed by atoms with van der Waals surface area (Å²) in [5.74, 6) is 0.784. The van der Waals surface area contributed by atoms with E-state index in [4.69, 9.17) is 10.5 Å². The number of aromatic nitrogens is 4. The Morgan fingerprint density at radius 3 is 2.83 bits per heavy atom. The van der Waals surface area contributed by atoms with Gasteiger partial charge in [-0.15, -0.1) is 6.58 Å². The molecule has 0 amide bonds. The summed E-state index contributed by atoms with van der Waals surface area (Å²) in [6.45, 7) is 3.25. The molecule has 2 aromatic rings. The summed E-state index contributed by atoms with van der Waals surface area (Å²) in [5.41, 5.74) is 6.61. The van der Waals surface area contributed by atoms with Crippen molar-refractivity contribution in [2.45, 2.75) is 29.7 Å². The summed E-state index contributed by atoms with van der Waals surface area (Å²) in [7, 11) is 0. The first-order valence-electron chi connectivity index (χ1n) is 6.93. The number of hydrogen-bond acceptors (Lipinski definition) is 9. The molecule has 0 unspecified atom stereocenters. The van der Waals surface area contributed by atoms with Crippen LogP contribution < -0.4 is 5.73 Å². The maximum Gasteiger partial charge on any atom is 0.172 e. The van der Waals surface area contributed by atoms with Gasteiger partial charge in [0.1, 0.15) is 24.6 Å². The summed E-state index contributed by atoms with van der Waals surface area (Å²) in [6, 6.07) is 0. The largest absolute Gasteiger partial charge is 0.394 e. The van der Waals surface area contributed by atoms with Crippen LogP contribution in [0.5, 0.6) is 0 Å². The van der Waals surface area contributed by atoms with E-state index in [1.807, 2.05) is 0 Å². The summed E-state index contributed by atoms with van der Waals surface area (Å²) < 4.78 is 7.14. The van der Waals surface area contributed by atoms with Crippen LogP contribution in [0.4, 0.5) is 5.82 Å². The number of rotatable bonds is 5. The molecule has 0 aromatic carbocycles. The lowest BCUT2D eigenvalue weighted by molar-refractivity contribution is -0.0548. The molecular weight excluding hydrogens is 322 g/mol. The van der Waals surface area contributed by atoms with E-state index >= 15 is 0 Å². The van der Waals surface area contributed by atoms with E-state index in [9.17, 15) is 15.3 Å². The molecule has 0 saturated carbocycles. The molecule has 0 aliphatic carbocycles. The average Bonchev–Trinajstić information content (AvgIpc) is 3.05. The number of anilines is 1. The molecule has 3 rings (SSSR count). The molecule has 2 aromatic heterocycles. The fourth-order valence-corrected chi connectivity index (χ4v) is 3.22. The monoisotopic (exact) mass is 339 g/mol. The molecule has 10 heteroatoms. The zero-order valence-corrected chi connectivity index (χ0v) is 12.9. The van der Waals surface area contributed by atoms with E-state index < -0.39 is 31.1 Å². The highest BCUT2D eigenvalue weighted by atomic mass is 32.2. The highest BCUT2D eigenvalue weighted by molar-refractivity contribution is 7.99. The minimum Gasteiger partial charge on any atom is -0.394 e. The van der Waals surface area contributed by atoms with Gasteiger partial charge in [-0.1, -0.05) is 17.8 Å². The predicted octanol–water partition coefficient (Wildman–Crippen LogP) is -0.702. The first-order valence-corrected chi connectivity index (χ1v) is 7.91. The van der Waals surface area contributed by atoms with Crippen LogP contribution in [0.15, 0.2) is 24.1 Å². The predicted molar refractivity (Wildman–Crippen MR) is 83.7 cm³/mol. The van der Waals surface area contributed by atoms with Crippen molar-refractivity contribution in [1.29, 1.82) is 0 Å². The molecular formula is C13H17N5O4S. The number of nitrogens with zero attached hydrogens (tertiary/aromatic N) is 4.